The first kappa shape index (κ1) is 23.2. The summed E-state index contributed by atoms with van der Waals surface area (Å²) in [5.74, 6) is 2.86. The first-order valence-electron chi connectivity index (χ1n) is 8.60. The molecule has 0 spiro atoms. The fourth-order valence-corrected chi connectivity index (χ4v) is 2.86. The molecule has 7 nitrogen and oxygen atoms in total. The van der Waals surface area contributed by atoms with Gasteiger partial charge in [-0.15, -0.1) is 30.4 Å². The van der Waals surface area contributed by atoms with Gasteiger partial charge in [0.15, 0.2) is 5.96 Å². The van der Waals surface area contributed by atoms with E-state index in [4.69, 9.17) is 11.2 Å². The van der Waals surface area contributed by atoms with Gasteiger partial charge in [0.25, 0.3) is 0 Å². The van der Waals surface area contributed by atoms with Crippen molar-refractivity contribution in [3.05, 3.63) is 29.8 Å². The van der Waals surface area contributed by atoms with Crippen LogP contribution >= 0.6 is 24.0 Å². The maximum Gasteiger partial charge on any atom is 0.243 e. The minimum atomic E-state index is -0.198. The van der Waals surface area contributed by atoms with Gasteiger partial charge < -0.3 is 25.8 Å². The molecule has 27 heavy (non-hydrogen) atoms. The van der Waals surface area contributed by atoms with E-state index in [-0.39, 0.29) is 48.5 Å². The standard InChI is InChI=1S/C19H26N4O3.HI/c1-3-15-5-4-6-16(11-15)23-17(25)12-21-18(20-2)22-13-19(7-9-24)8-10-26-14-19;/h1,4-6,11,24H,7-10,12-14H2,2H3,(H,23,25)(H2,20,21,22);1H. The normalized spacial score (nSPS) is 18.9. The van der Waals surface area contributed by atoms with Crippen molar-refractivity contribution in [1.82, 2.24) is 10.6 Å². The Labute approximate surface area is 177 Å². The number of amides is 1. The van der Waals surface area contributed by atoms with Gasteiger partial charge in [-0.1, -0.05) is 12.0 Å². The van der Waals surface area contributed by atoms with Gasteiger partial charge in [-0.05, 0) is 31.0 Å². The predicted molar refractivity (Wildman–Crippen MR) is 117 cm³/mol. The van der Waals surface area contributed by atoms with Crippen molar-refractivity contribution < 1.29 is 14.6 Å². The van der Waals surface area contributed by atoms with E-state index in [1.165, 1.54) is 0 Å². The molecule has 0 bridgehead atoms. The summed E-state index contributed by atoms with van der Waals surface area (Å²) in [5.41, 5.74) is 1.27. The lowest BCUT2D eigenvalue weighted by Crippen LogP contribution is -2.46. The maximum absolute atomic E-state index is 12.1. The van der Waals surface area contributed by atoms with Crippen LogP contribution in [0.1, 0.15) is 18.4 Å². The Morgan fingerprint density at radius 2 is 2.26 bits per heavy atom. The lowest BCUT2D eigenvalue weighted by molar-refractivity contribution is -0.115. The van der Waals surface area contributed by atoms with Crippen molar-refractivity contribution in [2.45, 2.75) is 12.8 Å². The molecule has 8 heteroatoms. The molecule has 1 heterocycles. The van der Waals surface area contributed by atoms with Crippen molar-refractivity contribution in [3.8, 4) is 12.3 Å². The largest absolute Gasteiger partial charge is 0.396 e. The van der Waals surface area contributed by atoms with E-state index in [0.29, 0.717) is 43.4 Å². The first-order chi connectivity index (χ1) is 12.6. The van der Waals surface area contributed by atoms with Crippen molar-refractivity contribution in [3.63, 3.8) is 0 Å². The molecule has 0 saturated carbocycles. The van der Waals surface area contributed by atoms with Crippen molar-refractivity contribution in [1.29, 1.82) is 0 Å². The lowest BCUT2D eigenvalue weighted by Gasteiger charge is -2.27. The molecular weight excluding hydrogens is 459 g/mol. The van der Waals surface area contributed by atoms with E-state index < -0.39 is 0 Å². The molecule has 1 aliphatic rings. The van der Waals surface area contributed by atoms with Crippen molar-refractivity contribution >= 4 is 41.5 Å². The van der Waals surface area contributed by atoms with Crippen LogP contribution in [0.15, 0.2) is 29.3 Å². The zero-order chi connectivity index (χ0) is 18.8. The molecular formula is C19H27IN4O3. The summed E-state index contributed by atoms with van der Waals surface area (Å²) in [6.45, 7) is 2.13. The number of halogens is 1. The van der Waals surface area contributed by atoms with Gasteiger partial charge >= 0.3 is 0 Å². The Morgan fingerprint density at radius 1 is 1.44 bits per heavy atom. The quantitative estimate of drug-likeness (QED) is 0.201. The molecule has 2 rings (SSSR count). The van der Waals surface area contributed by atoms with Crippen molar-refractivity contribution in [2.24, 2.45) is 10.4 Å². The molecule has 4 N–H and O–H groups in total. The number of ether oxygens (including phenoxy) is 1. The van der Waals surface area contributed by atoms with E-state index in [2.05, 4.69) is 26.9 Å². The van der Waals surface area contributed by atoms with Crippen LogP contribution in [0, 0.1) is 17.8 Å². The summed E-state index contributed by atoms with van der Waals surface area (Å²) in [4.78, 5) is 16.2. The van der Waals surface area contributed by atoms with Crippen LogP contribution in [0.4, 0.5) is 5.69 Å². The number of rotatable bonds is 7. The average Bonchev–Trinajstić information content (AvgIpc) is 3.11. The number of hydrogen-bond donors (Lipinski definition) is 4. The molecule has 148 valence electrons. The molecule has 0 aromatic heterocycles. The average molecular weight is 486 g/mol. The molecule has 1 amide bonds. The SMILES string of the molecule is C#Cc1cccc(NC(=O)CNC(=NC)NCC2(CCO)CCOC2)c1.I. The fourth-order valence-electron chi connectivity index (χ4n) is 2.86. The summed E-state index contributed by atoms with van der Waals surface area (Å²) in [6.07, 6.45) is 6.92. The number of aliphatic hydroxyl groups is 1. The van der Waals surface area contributed by atoms with Crippen LogP contribution in [-0.2, 0) is 9.53 Å². The molecule has 1 aromatic carbocycles. The van der Waals surface area contributed by atoms with Gasteiger partial charge in [-0.2, -0.15) is 0 Å². The zero-order valence-corrected chi connectivity index (χ0v) is 17.8. The Kier molecular flexibility index (Phi) is 10.1. The summed E-state index contributed by atoms with van der Waals surface area (Å²) in [7, 11) is 1.65. The number of nitrogens with one attached hydrogen (secondary N) is 3. The highest BCUT2D eigenvalue weighted by atomic mass is 127. The summed E-state index contributed by atoms with van der Waals surface area (Å²) < 4.78 is 5.47. The Bertz CT molecular complexity index is 682. The van der Waals surface area contributed by atoms with Gasteiger partial charge in [0.2, 0.25) is 5.91 Å². The Balaban J connectivity index is 0.00000364. The molecule has 0 radical (unpaired) electrons. The molecule has 0 aliphatic carbocycles. The highest BCUT2D eigenvalue weighted by Crippen LogP contribution is 2.31. The number of carbonyl (C=O) groups is 1. The van der Waals surface area contributed by atoms with Crippen LogP contribution in [0.3, 0.4) is 0 Å². The number of terminal acetylenes is 1. The van der Waals surface area contributed by atoms with Gasteiger partial charge in [-0.25, -0.2) is 0 Å². The van der Waals surface area contributed by atoms with Crippen LogP contribution in [0.5, 0.6) is 0 Å². The minimum absolute atomic E-state index is 0. The number of aliphatic hydroxyl groups excluding tert-OH is 1. The minimum Gasteiger partial charge on any atom is -0.396 e. The Hall–Kier alpha value is -1.83. The van der Waals surface area contributed by atoms with Gasteiger partial charge in [0.1, 0.15) is 0 Å². The second-order valence-electron chi connectivity index (χ2n) is 6.33. The van der Waals surface area contributed by atoms with Crippen molar-refractivity contribution in [2.75, 3.05) is 45.3 Å². The highest BCUT2D eigenvalue weighted by molar-refractivity contribution is 14.0. The monoisotopic (exact) mass is 486 g/mol. The number of hydrogen-bond acceptors (Lipinski definition) is 4. The molecule has 1 saturated heterocycles. The van der Waals surface area contributed by atoms with E-state index in [9.17, 15) is 9.90 Å². The molecule has 1 aliphatic heterocycles. The van der Waals surface area contributed by atoms with Crippen LogP contribution in [-0.4, -0.2) is 56.9 Å². The second kappa shape index (κ2) is 11.8. The summed E-state index contributed by atoms with van der Waals surface area (Å²) in [6, 6.07) is 7.12. The highest BCUT2D eigenvalue weighted by Gasteiger charge is 2.34. The maximum atomic E-state index is 12.1. The Morgan fingerprint density at radius 3 is 2.89 bits per heavy atom. The van der Waals surface area contributed by atoms with E-state index >= 15 is 0 Å². The van der Waals surface area contributed by atoms with E-state index in [1.54, 1.807) is 31.3 Å². The van der Waals surface area contributed by atoms with Crippen LogP contribution < -0.4 is 16.0 Å². The van der Waals surface area contributed by atoms with E-state index in [1.807, 2.05) is 0 Å². The smallest absolute Gasteiger partial charge is 0.243 e. The summed E-state index contributed by atoms with van der Waals surface area (Å²) >= 11 is 0. The molecule has 1 atom stereocenters. The number of nitrogens with zero attached hydrogens (tertiary/aromatic N) is 1. The second-order valence-corrected chi connectivity index (χ2v) is 6.33. The zero-order valence-electron chi connectivity index (χ0n) is 15.5. The fraction of sp³-hybridized carbons (Fsp3) is 0.474. The number of benzene rings is 1. The number of anilines is 1. The first-order valence-corrected chi connectivity index (χ1v) is 8.60. The number of guanidine groups is 1. The molecule has 1 unspecified atom stereocenters. The molecule has 1 aromatic rings. The van der Waals surface area contributed by atoms with Crippen LogP contribution in [0.2, 0.25) is 0 Å². The predicted octanol–water partition coefficient (Wildman–Crippen LogP) is 1.18. The third-order valence-electron chi connectivity index (χ3n) is 4.41. The van der Waals surface area contributed by atoms with Gasteiger partial charge in [0.05, 0.1) is 13.2 Å². The third kappa shape index (κ3) is 7.36. The van der Waals surface area contributed by atoms with E-state index in [0.717, 1.165) is 6.42 Å². The van der Waals surface area contributed by atoms with Gasteiger partial charge in [0, 0.05) is 43.5 Å². The van der Waals surface area contributed by atoms with Gasteiger partial charge in [-0.3, -0.25) is 9.79 Å². The number of aliphatic imine (C=N–C) groups is 1. The topological polar surface area (TPSA) is 95.0 Å². The third-order valence-corrected chi connectivity index (χ3v) is 4.41. The number of carbonyl (C=O) groups excluding carboxylic acids is 1. The summed E-state index contributed by atoms with van der Waals surface area (Å²) in [5, 5.41) is 18.3. The lowest BCUT2D eigenvalue weighted by atomic mass is 9.84. The van der Waals surface area contributed by atoms with Crippen LogP contribution in [0.25, 0.3) is 0 Å². The molecule has 1 fully saturated rings.